The van der Waals surface area contributed by atoms with Crippen LogP contribution in [-0.2, 0) is 16.1 Å². The van der Waals surface area contributed by atoms with Crippen LogP contribution in [0.2, 0.25) is 0 Å². The number of nitrogens with one attached hydrogen (secondary N) is 1. The molecule has 1 aliphatic heterocycles. The summed E-state index contributed by atoms with van der Waals surface area (Å²) in [6, 6.07) is 7.60. The van der Waals surface area contributed by atoms with Gasteiger partial charge in [0.15, 0.2) is 5.54 Å². The Labute approximate surface area is 136 Å². The standard InChI is InChI=1S/C15H17BrN2O4/c1-2-6-22-14(21)18-9-15(10-18,13(19)20)17-8-11-4-3-5-12(16)7-11/h2-5,7,17H,1,6,8-10H2,(H,19,20). The number of halogens is 1. The Bertz CT molecular complexity index is 585. The maximum Gasteiger partial charge on any atom is 0.410 e. The molecular weight excluding hydrogens is 352 g/mol. The molecule has 0 aromatic heterocycles. The summed E-state index contributed by atoms with van der Waals surface area (Å²) in [6.07, 6.45) is 0.939. The van der Waals surface area contributed by atoms with E-state index >= 15 is 0 Å². The molecule has 0 aliphatic carbocycles. The molecule has 22 heavy (non-hydrogen) atoms. The smallest absolute Gasteiger partial charge is 0.410 e. The quantitative estimate of drug-likeness (QED) is 0.750. The van der Waals surface area contributed by atoms with Crippen molar-refractivity contribution in [2.75, 3.05) is 19.7 Å². The van der Waals surface area contributed by atoms with E-state index in [-0.39, 0.29) is 19.7 Å². The van der Waals surface area contributed by atoms with Gasteiger partial charge in [0.2, 0.25) is 0 Å². The average molecular weight is 369 g/mol. The van der Waals surface area contributed by atoms with E-state index in [1.54, 1.807) is 0 Å². The van der Waals surface area contributed by atoms with Gasteiger partial charge in [0, 0.05) is 11.0 Å². The van der Waals surface area contributed by atoms with Crippen molar-refractivity contribution in [1.82, 2.24) is 10.2 Å². The van der Waals surface area contributed by atoms with Gasteiger partial charge in [-0.15, -0.1) is 0 Å². The number of carbonyl (C=O) groups is 2. The van der Waals surface area contributed by atoms with E-state index in [4.69, 9.17) is 4.74 Å². The number of aliphatic carboxylic acids is 1. The number of carboxylic acids is 1. The zero-order valence-electron chi connectivity index (χ0n) is 11.9. The van der Waals surface area contributed by atoms with E-state index in [0.717, 1.165) is 10.0 Å². The van der Waals surface area contributed by atoms with E-state index in [0.29, 0.717) is 6.54 Å². The Morgan fingerprint density at radius 2 is 2.23 bits per heavy atom. The molecule has 0 atom stereocenters. The van der Waals surface area contributed by atoms with E-state index < -0.39 is 17.6 Å². The largest absolute Gasteiger partial charge is 0.480 e. The summed E-state index contributed by atoms with van der Waals surface area (Å²) in [5.41, 5.74) is -0.169. The second-order valence-corrected chi connectivity index (χ2v) is 6.01. The molecule has 7 heteroatoms. The summed E-state index contributed by atoms with van der Waals surface area (Å²) < 4.78 is 5.82. The van der Waals surface area contributed by atoms with Crippen LogP contribution in [0.25, 0.3) is 0 Å². The molecule has 1 aliphatic rings. The first-order valence-electron chi connectivity index (χ1n) is 6.72. The Morgan fingerprint density at radius 3 is 2.82 bits per heavy atom. The third kappa shape index (κ3) is 3.66. The van der Waals surface area contributed by atoms with Gasteiger partial charge < -0.3 is 14.7 Å². The number of hydrogen-bond donors (Lipinski definition) is 2. The normalized spacial score (nSPS) is 15.8. The van der Waals surface area contributed by atoms with Gasteiger partial charge in [-0.3, -0.25) is 10.1 Å². The maximum atomic E-state index is 11.6. The molecule has 2 rings (SSSR count). The predicted octanol–water partition coefficient (Wildman–Crippen LogP) is 2.00. The molecule has 0 unspecified atom stereocenters. The minimum absolute atomic E-state index is 0.0757. The molecule has 0 spiro atoms. The number of ether oxygens (including phenoxy) is 1. The molecule has 0 radical (unpaired) electrons. The van der Waals surface area contributed by atoms with Gasteiger partial charge in [-0.1, -0.05) is 40.7 Å². The molecule has 0 saturated carbocycles. The van der Waals surface area contributed by atoms with Crippen LogP contribution in [0, 0.1) is 0 Å². The van der Waals surface area contributed by atoms with Crippen molar-refractivity contribution in [3.63, 3.8) is 0 Å². The third-order valence-corrected chi connectivity index (χ3v) is 3.93. The fourth-order valence-electron chi connectivity index (χ4n) is 2.20. The molecule has 1 saturated heterocycles. The van der Waals surface area contributed by atoms with E-state index in [1.165, 1.54) is 11.0 Å². The van der Waals surface area contributed by atoms with Gasteiger partial charge in [0.1, 0.15) is 6.61 Å². The Balaban J connectivity index is 1.93. The second-order valence-electron chi connectivity index (χ2n) is 5.09. The summed E-state index contributed by atoms with van der Waals surface area (Å²) >= 11 is 3.37. The lowest BCUT2D eigenvalue weighted by Gasteiger charge is -2.46. The predicted molar refractivity (Wildman–Crippen MR) is 84.5 cm³/mol. The fraction of sp³-hybridized carbons (Fsp3) is 0.333. The molecule has 1 heterocycles. The average Bonchev–Trinajstić information content (AvgIpc) is 2.43. The fourth-order valence-corrected chi connectivity index (χ4v) is 2.64. The van der Waals surface area contributed by atoms with Crippen LogP contribution in [0.1, 0.15) is 5.56 Å². The zero-order chi connectivity index (χ0) is 16.2. The molecule has 1 amide bonds. The number of rotatable bonds is 6. The number of hydrogen-bond acceptors (Lipinski definition) is 4. The summed E-state index contributed by atoms with van der Waals surface area (Å²) in [7, 11) is 0. The minimum Gasteiger partial charge on any atom is -0.480 e. The van der Waals surface area contributed by atoms with Gasteiger partial charge in [0.05, 0.1) is 13.1 Å². The van der Waals surface area contributed by atoms with Crippen molar-refractivity contribution >= 4 is 28.0 Å². The number of nitrogens with zero attached hydrogens (tertiary/aromatic N) is 1. The highest BCUT2D eigenvalue weighted by Crippen LogP contribution is 2.23. The lowest BCUT2D eigenvalue weighted by molar-refractivity contribution is -0.151. The van der Waals surface area contributed by atoms with Crippen LogP contribution in [-0.4, -0.2) is 47.3 Å². The topological polar surface area (TPSA) is 78.9 Å². The van der Waals surface area contributed by atoms with Crippen LogP contribution >= 0.6 is 15.9 Å². The minimum atomic E-state index is -1.13. The summed E-state index contributed by atoms with van der Waals surface area (Å²) in [5, 5.41) is 12.5. The Kier molecular flexibility index (Phi) is 5.20. The molecule has 1 aromatic rings. The SMILES string of the molecule is C=CCOC(=O)N1CC(NCc2cccc(Br)c2)(C(=O)O)C1. The molecule has 118 valence electrons. The number of likely N-dealkylation sites (tertiary alicyclic amines) is 1. The van der Waals surface area contributed by atoms with Crippen molar-refractivity contribution in [1.29, 1.82) is 0 Å². The van der Waals surface area contributed by atoms with Crippen molar-refractivity contribution in [3.8, 4) is 0 Å². The van der Waals surface area contributed by atoms with E-state index in [1.807, 2.05) is 24.3 Å². The Morgan fingerprint density at radius 1 is 1.50 bits per heavy atom. The van der Waals surface area contributed by atoms with Gasteiger partial charge in [0.25, 0.3) is 0 Å². The van der Waals surface area contributed by atoms with E-state index in [9.17, 15) is 14.7 Å². The number of benzene rings is 1. The van der Waals surface area contributed by atoms with Gasteiger partial charge >= 0.3 is 12.1 Å². The maximum absolute atomic E-state index is 11.6. The lowest BCUT2D eigenvalue weighted by Crippen LogP contribution is -2.74. The van der Waals surface area contributed by atoms with Crippen LogP contribution in [0.5, 0.6) is 0 Å². The summed E-state index contributed by atoms with van der Waals surface area (Å²) in [6.45, 7) is 4.12. The molecule has 1 aromatic carbocycles. The molecule has 0 bridgehead atoms. The van der Waals surface area contributed by atoms with E-state index in [2.05, 4.69) is 27.8 Å². The second kappa shape index (κ2) is 6.93. The van der Waals surface area contributed by atoms with Gasteiger partial charge in [-0.25, -0.2) is 4.79 Å². The number of amides is 1. The lowest BCUT2D eigenvalue weighted by atomic mass is 9.90. The molecular formula is C15H17BrN2O4. The van der Waals surface area contributed by atoms with Crippen LogP contribution in [0.15, 0.2) is 41.4 Å². The Hall–Kier alpha value is -1.86. The molecule has 6 nitrogen and oxygen atoms in total. The first-order valence-corrected chi connectivity index (χ1v) is 7.51. The van der Waals surface area contributed by atoms with Crippen LogP contribution in [0.4, 0.5) is 4.79 Å². The number of carbonyl (C=O) groups excluding carboxylic acids is 1. The van der Waals surface area contributed by atoms with Crippen LogP contribution < -0.4 is 5.32 Å². The first kappa shape index (κ1) is 16.5. The third-order valence-electron chi connectivity index (χ3n) is 3.43. The van der Waals surface area contributed by atoms with Gasteiger partial charge in [-0.05, 0) is 17.7 Å². The summed E-state index contributed by atoms with van der Waals surface area (Å²) in [4.78, 5) is 24.5. The molecule has 2 N–H and O–H groups in total. The molecule has 1 fully saturated rings. The zero-order valence-corrected chi connectivity index (χ0v) is 13.5. The number of carboxylic acid groups (broad SMARTS) is 1. The van der Waals surface area contributed by atoms with Crippen molar-refractivity contribution in [2.45, 2.75) is 12.1 Å². The monoisotopic (exact) mass is 368 g/mol. The van der Waals surface area contributed by atoms with Gasteiger partial charge in [-0.2, -0.15) is 0 Å². The van der Waals surface area contributed by atoms with Crippen molar-refractivity contribution in [2.24, 2.45) is 0 Å². The highest BCUT2D eigenvalue weighted by Gasteiger charge is 2.51. The van der Waals surface area contributed by atoms with Crippen molar-refractivity contribution < 1.29 is 19.4 Å². The van der Waals surface area contributed by atoms with Crippen LogP contribution in [0.3, 0.4) is 0 Å². The summed E-state index contributed by atoms with van der Waals surface area (Å²) in [5.74, 6) is -0.977. The first-order chi connectivity index (χ1) is 10.5. The van der Waals surface area contributed by atoms with Crippen molar-refractivity contribution in [3.05, 3.63) is 47.0 Å². The highest BCUT2D eigenvalue weighted by atomic mass is 79.9. The highest BCUT2D eigenvalue weighted by molar-refractivity contribution is 9.10.